The average molecular weight is 332 g/mol. The Morgan fingerprint density at radius 3 is 3.04 bits per heavy atom. The molecule has 7 nitrogen and oxygen atoms in total. The van der Waals surface area contributed by atoms with Crippen molar-refractivity contribution in [3.63, 3.8) is 0 Å². The zero-order valence-corrected chi connectivity index (χ0v) is 14.2. The number of hydrogen-bond acceptors (Lipinski definition) is 6. The summed E-state index contributed by atoms with van der Waals surface area (Å²) in [4.78, 5) is 12.5. The topological polar surface area (TPSA) is 60.5 Å². The van der Waals surface area contributed by atoms with Crippen molar-refractivity contribution in [1.29, 1.82) is 0 Å². The van der Waals surface area contributed by atoms with Gasteiger partial charge in [0.15, 0.2) is 4.96 Å². The highest BCUT2D eigenvalue weighted by atomic mass is 32.1. The standard InChI is InChI=1S/C15H20N6OS/c1-11-16-12(2)21(18-11)10-14-9-19(3-5-22-14)7-13-8-20-4-6-23-15(20)17-13/h4,6,8,14H,3,5,7,9-10H2,1-2H3/t14-/m0/s1. The van der Waals surface area contributed by atoms with E-state index in [1.807, 2.05) is 18.5 Å². The number of rotatable bonds is 4. The molecule has 0 spiro atoms. The van der Waals surface area contributed by atoms with Crippen LogP contribution < -0.4 is 0 Å². The summed E-state index contributed by atoms with van der Waals surface area (Å²) in [5.74, 6) is 1.76. The predicted molar refractivity (Wildman–Crippen MR) is 87.6 cm³/mol. The van der Waals surface area contributed by atoms with Crippen molar-refractivity contribution < 1.29 is 4.74 Å². The van der Waals surface area contributed by atoms with Crippen LogP contribution in [0.1, 0.15) is 17.3 Å². The average Bonchev–Trinajstić information content (AvgIpc) is 3.15. The number of ether oxygens (including phenoxy) is 1. The van der Waals surface area contributed by atoms with Crippen LogP contribution in [0.4, 0.5) is 0 Å². The minimum atomic E-state index is 0.146. The van der Waals surface area contributed by atoms with Gasteiger partial charge in [0.05, 0.1) is 24.9 Å². The first-order valence-electron chi connectivity index (χ1n) is 7.80. The summed E-state index contributed by atoms with van der Waals surface area (Å²) in [5, 5.41) is 6.48. The summed E-state index contributed by atoms with van der Waals surface area (Å²) in [6.07, 6.45) is 4.31. The van der Waals surface area contributed by atoms with Crippen molar-refractivity contribution in [2.45, 2.75) is 33.0 Å². The van der Waals surface area contributed by atoms with E-state index in [1.54, 1.807) is 11.3 Å². The molecule has 0 radical (unpaired) electrons. The van der Waals surface area contributed by atoms with Gasteiger partial charge >= 0.3 is 0 Å². The summed E-state index contributed by atoms with van der Waals surface area (Å²) in [6, 6.07) is 0. The summed E-state index contributed by atoms with van der Waals surface area (Å²) >= 11 is 1.67. The number of nitrogens with zero attached hydrogens (tertiary/aromatic N) is 6. The second-order valence-corrected chi connectivity index (χ2v) is 6.81. The second kappa shape index (κ2) is 6.03. The van der Waals surface area contributed by atoms with Crippen LogP contribution in [0.5, 0.6) is 0 Å². The van der Waals surface area contributed by atoms with Crippen LogP contribution >= 0.6 is 11.3 Å². The van der Waals surface area contributed by atoms with Crippen LogP contribution in [0.3, 0.4) is 0 Å². The minimum absolute atomic E-state index is 0.146. The maximum Gasteiger partial charge on any atom is 0.193 e. The molecule has 1 saturated heterocycles. The molecule has 8 heteroatoms. The lowest BCUT2D eigenvalue weighted by atomic mass is 10.2. The zero-order chi connectivity index (χ0) is 15.8. The van der Waals surface area contributed by atoms with Gasteiger partial charge in [-0.3, -0.25) is 9.30 Å². The molecule has 0 aliphatic carbocycles. The van der Waals surface area contributed by atoms with E-state index in [4.69, 9.17) is 4.74 Å². The number of thiazole rings is 1. The number of fused-ring (bicyclic) bond motifs is 1. The summed E-state index contributed by atoms with van der Waals surface area (Å²) < 4.78 is 9.93. The number of aryl methyl sites for hydroxylation is 2. The monoisotopic (exact) mass is 332 g/mol. The van der Waals surface area contributed by atoms with Crippen molar-refractivity contribution in [1.82, 2.24) is 29.0 Å². The third-order valence-corrected chi connectivity index (χ3v) is 4.86. The van der Waals surface area contributed by atoms with Gasteiger partial charge in [0.1, 0.15) is 11.6 Å². The van der Waals surface area contributed by atoms with Crippen LogP contribution in [0, 0.1) is 13.8 Å². The smallest absolute Gasteiger partial charge is 0.193 e. The molecule has 1 atom stereocenters. The fourth-order valence-corrected chi connectivity index (χ4v) is 3.76. The van der Waals surface area contributed by atoms with Crippen molar-refractivity contribution in [2.75, 3.05) is 19.7 Å². The Morgan fingerprint density at radius 1 is 1.35 bits per heavy atom. The molecule has 0 N–H and O–H groups in total. The minimum Gasteiger partial charge on any atom is -0.374 e. The Kier molecular flexibility index (Phi) is 3.88. The third-order valence-electron chi connectivity index (χ3n) is 4.09. The van der Waals surface area contributed by atoms with E-state index in [1.165, 1.54) is 0 Å². The van der Waals surface area contributed by atoms with E-state index < -0.39 is 0 Å². The highest BCUT2D eigenvalue weighted by Crippen LogP contribution is 2.15. The van der Waals surface area contributed by atoms with Crippen LogP contribution in [-0.4, -0.2) is 54.8 Å². The fraction of sp³-hybridized carbons (Fsp3) is 0.533. The Labute approximate surface area is 138 Å². The predicted octanol–water partition coefficient (Wildman–Crippen LogP) is 1.51. The maximum absolute atomic E-state index is 5.90. The molecule has 3 aromatic rings. The molecule has 1 aliphatic rings. The Morgan fingerprint density at radius 2 is 2.26 bits per heavy atom. The summed E-state index contributed by atoms with van der Waals surface area (Å²) in [6.45, 7) is 8.10. The molecule has 0 amide bonds. The highest BCUT2D eigenvalue weighted by molar-refractivity contribution is 7.15. The van der Waals surface area contributed by atoms with Gasteiger partial charge in [-0.1, -0.05) is 0 Å². The molecular weight excluding hydrogens is 312 g/mol. The van der Waals surface area contributed by atoms with Crippen molar-refractivity contribution in [2.24, 2.45) is 0 Å². The van der Waals surface area contributed by atoms with Gasteiger partial charge in [-0.25, -0.2) is 14.6 Å². The first-order valence-corrected chi connectivity index (χ1v) is 8.68. The lowest BCUT2D eigenvalue weighted by Crippen LogP contribution is -2.44. The first kappa shape index (κ1) is 14.8. The largest absolute Gasteiger partial charge is 0.374 e. The molecule has 122 valence electrons. The van der Waals surface area contributed by atoms with Gasteiger partial charge in [0.2, 0.25) is 0 Å². The Hall–Kier alpha value is -1.77. The molecule has 23 heavy (non-hydrogen) atoms. The molecule has 0 bridgehead atoms. The van der Waals surface area contributed by atoms with E-state index in [2.05, 4.69) is 42.1 Å². The van der Waals surface area contributed by atoms with E-state index in [9.17, 15) is 0 Å². The SMILES string of the molecule is Cc1nc(C)n(C[C@@H]2CN(Cc3cn4ccsc4n3)CCO2)n1. The molecule has 3 aromatic heterocycles. The van der Waals surface area contributed by atoms with Crippen molar-refractivity contribution in [3.05, 3.63) is 35.1 Å². The van der Waals surface area contributed by atoms with Gasteiger partial charge in [-0.15, -0.1) is 11.3 Å². The molecule has 0 unspecified atom stereocenters. The van der Waals surface area contributed by atoms with Gasteiger partial charge < -0.3 is 4.74 Å². The summed E-state index contributed by atoms with van der Waals surface area (Å²) in [7, 11) is 0. The van der Waals surface area contributed by atoms with E-state index >= 15 is 0 Å². The lowest BCUT2D eigenvalue weighted by Gasteiger charge is -2.32. The molecule has 1 fully saturated rings. The molecule has 0 saturated carbocycles. The molecule has 0 aromatic carbocycles. The maximum atomic E-state index is 5.90. The molecule has 4 rings (SSSR count). The van der Waals surface area contributed by atoms with Crippen molar-refractivity contribution in [3.8, 4) is 0 Å². The van der Waals surface area contributed by atoms with E-state index in [0.29, 0.717) is 0 Å². The van der Waals surface area contributed by atoms with Crippen LogP contribution in [0.25, 0.3) is 4.96 Å². The number of hydrogen-bond donors (Lipinski definition) is 0. The van der Waals surface area contributed by atoms with Crippen LogP contribution in [-0.2, 0) is 17.8 Å². The lowest BCUT2D eigenvalue weighted by molar-refractivity contribution is -0.0408. The zero-order valence-electron chi connectivity index (χ0n) is 13.3. The molecular formula is C15H20N6OS. The number of imidazole rings is 1. The number of aromatic nitrogens is 5. The van der Waals surface area contributed by atoms with Gasteiger partial charge in [0, 0.05) is 37.4 Å². The number of morpholine rings is 1. The normalized spacial score (nSPS) is 19.7. The third kappa shape index (κ3) is 3.15. The van der Waals surface area contributed by atoms with E-state index in [-0.39, 0.29) is 6.10 Å². The molecule has 4 heterocycles. The molecule has 1 aliphatic heterocycles. The van der Waals surface area contributed by atoms with Gasteiger partial charge in [-0.2, -0.15) is 5.10 Å². The van der Waals surface area contributed by atoms with E-state index in [0.717, 1.165) is 55.1 Å². The first-order chi connectivity index (χ1) is 11.2. The van der Waals surface area contributed by atoms with Crippen molar-refractivity contribution >= 4 is 16.3 Å². The van der Waals surface area contributed by atoms with Crippen LogP contribution in [0.2, 0.25) is 0 Å². The quantitative estimate of drug-likeness (QED) is 0.725. The summed E-state index contributed by atoms with van der Waals surface area (Å²) in [5.41, 5.74) is 1.12. The van der Waals surface area contributed by atoms with Gasteiger partial charge in [0.25, 0.3) is 0 Å². The van der Waals surface area contributed by atoms with Crippen LogP contribution in [0.15, 0.2) is 17.8 Å². The van der Waals surface area contributed by atoms with Gasteiger partial charge in [-0.05, 0) is 13.8 Å². The Balaban J connectivity index is 1.40. The Bertz CT molecular complexity index is 777. The highest BCUT2D eigenvalue weighted by Gasteiger charge is 2.22. The second-order valence-electron chi connectivity index (χ2n) is 5.94. The fourth-order valence-electron chi connectivity index (χ4n) is 3.04.